The molecule has 0 radical (unpaired) electrons. The van der Waals surface area contributed by atoms with Crippen LogP contribution in [-0.2, 0) is 19.3 Å². The van der Waals surface area contributed by atoms with Gasteiger partial charge >= 0.3 is 6.18 Å². The normalized spacial score (nSPS) is 11.8. The maximum Gasteiger partial charge on any atom is 0.435 e. The van der Waals surface area contributed by atoms with Crippen LogP contribution in [0.1, 0.15) is 30.2 Å². The number of halogens is 3. The van der Waals surface area contributed by atoms with Crippen molar-refractivity contribution in [2.45, 2.75) is 32.6 Å². The molecule has 0 saturated heterocycles. The minimum Gasteiger partial charge on any atom is -0.313 e. The zero-order valence-electron chi connectivity index (χ0n) is 11.8. The molecule has 0 aliphatic carbocycles. The van der Waals surface area contributed by atoms with E-state index >= 15 is 0 Å². The minimum absolute atomic E-state index is 0.332. The van der Waals surface area contributed by atoms with Crippen molar-refractivity contribution >= 4 is 0 Å². The van der Waals surface area contributed by atoms with Gasteiger partial charge in [0.05, 0.1) is 6.54 Å². The summed E-state index contributed by atoms with van der Waals surface area (Å²) in [6.07, 6.45) is -1.96. The van der Waals surface area contributed by atoms with E-state index in [4.69, 9.17) is 0 Å². The first-order chi connectivity index (χ1) is 9.99. The highest BCUT2D eigenvalue weighted by atomic mass is 19.4. The van der Waals surface area contributed by atoms with Crippen LogP contribution in [0.2, 0.25) is 0 Å². The quantitative estimate of drug-likeness (QED) is 0.828. The fraction of sp³-hybridized carbons (Fsp3) is 0.400. The molecule has 0 spiro atoms. The van der Waals surface area contributed by atoms with Crippen molar-refractivity contribution < 1.29 is 13.2 Å². The van der Waals surface area contributed by atoms with Crippen molar-refractivity contribution in [2.24, 2.45) is 0 Å². The molecule has 2 aromatic rings. The van der Waals surface area contributed by atoms with E-state index in [1.807, 2.05) is 24.3 Å². The van der Waals surface area contributed by atoms with Gasteiger partial charge in [-0.3, -0.25) is 4.68 Å². The second-order valence-corrected chi connectivity index (χ2v) is 4.89. The number of aromatic nitrogens is 2. The van der Waals surface area contributed by atoms with Gasteiger partial charge in [0, 0.05) is 12.7 Å². The van der Waals surface area contributed by atoms with Crippen LogP contribution < -0.4 is 5.32 Å². The number of rotatable bonds is 6. The maximum atomic E-state index is 12.5. The smallest absolute Gasteiger partial charge is 0.313 e. The van der Waals surface area contributed by atoms with Crippen LogP contribution in [0.3, 0.4) is 0 Å². The van der Waals surface area contributed by atoms with Crippen LogP contribution >= 0.6 is 0 Å². The SMILES string of the molecule is CCCNCc1ccc(Cn2ccc(C(F)(F)F)n2)cc1. The Morgan fingerprint density at radius 1 is 1.10 bits per heavy atom. The molecule has 0 fully saturated rings. The van der Waals surface area contributed by atoms with Crippen molar-refractivity contribution in [2.75, 3.05) is 6.54 Å². The van der Waals surface area contributed by atoms with Gasteiger partial charge in [0.25, 0.3) is 0 Å². The fourth-order valence-corrected chi connectivity index (χ4v) is 1.96. The Bertz CT molecular complexity index is 558. The van der Waals surface area contributed by atoms with Crippen LogP contribution in [-0.4, -0.2) is 16.3 Å². The summed E-state index contributed by atoms with van der Waals surface area (Å²) < 4.78 is 38.7. The molecule has 21 heavy (non-hydrogen) atoms. The summed E-state index contributed by atoms with van der Waals surface area (Å²) in [5.41, 5.74) is 1.22. The van der Waals surface area contributed by atoms with Gasteiger partial charge in [-0.1, -0.05) is 31.2 Å². The van der Waals surface area contributed by atoms with Gasteiger partial charge < -0.3 is 5.32 Å². The third-order valence-corrected chi connectivity index (χ3v) is 3.05. The molecule has 0 atom stereocenters. The summed E-state index contributed by atoms with van der Waals surface area (Å²) in [5.74, 6) is 0. The molecule has 1 aromatic carbocycles. The zero-order chi connectivity index (χ0) is 15.3. The van der Waals surface area contributed by atoms with E-state index < -0.39 is 11.9 Å². The number of hydrogen-bond acceptors (Lipinski definition) is 2. The Balaban J connectivity index is 1.95. The van der Waals surface area contributed by atoms with Gasteiger partial charge in [0.15, 0.2) is 5.69 Å². The van der Waals surface area contributed by atoms with Gasteiger partial charge in [0.1, 0.15) is 0 Å². The summed E-state index contributed by atoms with van der Waals surface area (Å²) in [4.78, 5) is 0. The van der Waals surface area contributed by atoms with E-state index in [-0.39, 0.29) is 0 Å². The van der Waals surface area contributed by atoms with Crippen molar-refractivity contribution in [1.82, 2.24) is 15.1 Å². The largest absolute Gasteiger partial charge is 0.435 e. The van der Waals surface area contributed by atoms with Crippen molar-refractivity contribution in [3.05, 3.63) is 53.3 Å². The highest BCUT2D eigenvalue weighted by Gasteiger charge is 2.33. The number of alkyl halides is 3. The van der Waals surface area contributed by atoms with Crippen LogP contribution in [0.25, 0.3) is 0 Å². The minimum atomic E-state index is -4.39. The Kier molecular flexibility index (Phi) is 5.01. The standard InChI is InChI=1S/C15H18F3N3/c1-2-8-19-10-12-3-5-13(6-4-12)11-21-9-7-14(20-21)15(16,17)18/h3-7,9,19H,2,8,10-11H2,1H3. The predicted octanol–water partition coefficient (Wildman–Crippen LogP) is 3.45. The molecule has 1 aromatic heterocycles. The van der Waals surface area contributed by atoms with Crippen LogP contribution in [0.5, 0.6) is 0 Å². The lowest BCUT2D eigenvalue weighted by Crippen LogP contribution is -2.13. The monoisotopic (exact) mass is 297 g/mol. The summed E-state index contributed by atoms with van der Waals surface area (Å²) in [6, 6.07) is 8.77. The summed E-state index contributed by atoms with van der Waals surface area (Å²) in [6.45, 7) is 4.21. The molecule has 114 valence electrons. The molecule has 0 amide bonds. The van der Waals surface area contributed by atoms with Gasteiger partial charge in [-0.2, -0.15) is 18.3 Å². The first-order valence-electron chi connectivity index (χ1n) is 6.88. The van der Waals surface area contributed by atoms with Crippen molar-refractivity contribution in [3.63, 3.8) is 0 Å². The number of nitrogens with zero attached hydrogens (tertiary/aromatic N) is 2. The average Bonchev–Trinajstić information content (AvgIpc) is 2.90. The van der Waals surface area contributed by atoms with E-state index in [9.17, 15) is 13.2 Å². The Morgan fingerprint density at radius 2 is 1.76 bits per heavy atom. The predicted molar refractivity (Wildman–Crippen MR) is 74.8 cm³/mol. The Hall–Kier alpha value is -1.82. The van der Waals surface area contributed by atoms with E-state index in [0.29, 0.717) is 6.54 Å². The molecule has 6 heteroatoms. The molecule has 1 heterocycles. The fourth-order valence-electron chi connectivity index (χ4n) is 1.96. The van der Waals surface area contributed by atoms with E-state index in [0.717, 1.165) is 36.7 Å². The molecule has 0 aliphatic rings. The zero-order valence-corrected chi connectivity index (χ0v) is 11.8. The van der Waals surface area contributed by atoms with Crippen LogP contribution in [0.4, 0.5) is 13.2 Å². The molecule has 1 N–H and O–H groups in total. The van der Waals surface area contributed by atoms with E-state index in [2.05, 4.69) is 17.3 Å². The Labute approximate surface area is 121 Å². The second kappa shape index (κ2) is 6.76. The summed E-state index contributed by atoms with van der Waals surface area (Å²) >= 11 is 0. The Morgan fingerprint density at radius 3 is 2.33 bits per heavy atom. The van der Waals surface area contributed by atoms with E-state index in [1.54, 1.807) is 0 Å². The van der Waals surface area contributed by atoms with Crippen molar-refractivity contribution in [1.29, 1.82) is 0 Å². The maximum absolute atomic E-state index is 12.5. The summed E-state index contributed by atoms with van der Waals surface area (Å²) in [7, 11) is 0. The molecular formula is C15H18F3N3. The van der Waals surface area contributed by atoms with Gasteiger partial charge in [-0.05, 0) is 30.2 Å². The molecule has 0 unspecified atom stereocenters. The third-order valence-electron chi connectivity index (χ3n) is 3.05. The highest BCUT2D eigenvalue weighted by molar-refractivity contribution is 5.22. The molecular weight excluding hydrogens is 279 g/mol. The molecule has 3 nitrogen and oxygen atoms in total. The first kappa shape index (κ1) is 15.6. The van der Waals surface area contributed by atoms with Crippen LogP contribution in [0, 0.1) is 0 Å². The average molecular weight is 297 g/mol. The first-order valence-corrected chi connectivity index (χ1v) is 6.88. The lowest BCUT2D eigenvalue weighted by atomic mass is 10.1. The topological polar surface area (TPSA) is 29.9 Å². The molecule has 0 aliphatic heterocycles. The van der Waals surface area contributed by atoms with Gasteiger partial charge in [-0.25, -0.2) is 0 Å². The van der Waals surface area contributed by atoms with Crippen LogP contribution in [0.15, 0.2) is 36.5 Å². The lowest BCUT2D eigenvalue weighted by molar-refractivity contribution is -0.141. The number of hydrogen-bond donors (Lipinski definition) is 1. The van der Waals surface area contributed by atoms with Crippen molar-refractivity contribution in [3.8, 4) is 0 Å². The molecule has 2 rings (SSSR count). The third kappa shape index (κ3) is 4.60. The number of nitrogens with one attached hydrogen (secondary N) is 1. The summed E-state index contributed by atoms with van der Waals surface area (Å²) in [5, 5.41) is 6.84. The highest BCUT2D eigenvalue weighted by Crippen LogP contribution is 2.27. The lowest BCUT2D eigenvalue weighted by Gasteiger charge is -2.06. The van der Waals surface area contributed by atoms with Gasteiger partial charge in [-0.15, -0.1) is 0 Å². The second-order valence-electron chi connectivity index (χ2n) is 4.89. The number of benzene rings is 1. The van der Waals surface area contributed by atoms with E-state index in [1.165, 1.54) is 10.9 Å². The molecule has 0 bridgehead atoms. The van der Waals surface area contributed by atoms with Gasteiger partial charge in [0.2, 0.25) is 0 Å². The molecule has 0 saturated carbocycles.